The maximum Gasteiger partial charge on any atom is 0.0757 e. The van der Waals surface area contributed by atoms with E-state index in [-0.39, 0.29) is 6.04 Å². The Kier molecular flexibility index (Phi) is 5.21. The second kappa shape index (κ2) is 6.91. The van der Waals surface area contributed by atoms with Gasteiger partial charge in [0.1, 0.15) is 0 Å². The lowest BCUT2D eigenvalue weighted by Gasteiger charge is -2.32. The molecule has 0 aliphatic rings. The van der Waals surface area contributed by atoms with Gasteiger partial charge in [-0.05, 0) is 44.0 Å². The van der Waals surface area contributed by atoms with Crippen LogP contribution in [0, 0.1) is 6.92 Å². The second-order valence-electron chi connectivity index (χ2n) is 4.98. The molecular formula is C17H24N2S. The number of hydrogen-bond donors (Lipinski definition) is 1. The van der Waals surface area contributed by atoms with Gasteiger partial charge in [-0.2, -0.15) is 0 Å². The van der Waals surface area contributed by atoms with Crippen LogP contribution in [-0.4, -0.2) is 13.1 Å². The highest BCUT2D eigenvalue weighted by Gasteiger charge is 2.20. The summed E-state index contributed by atoms with van der Waals surface area (Å²) in [5.74, 6) is 0. The minimum Gasteiger partial charge on any atom is -0.362 e. The number of nitrogens with two attached hydrogens (primary N) is 1. The number of anilines is 1. The minimum absolute atomic E-state index is 0.270. The second-order valence-corrected chi connectivity index (χ2v) is 6.18. The molecule has 2 N–H and O–H groups in total. The van der Waals surface area contributed by atoms with Crippen LogP contribution in [0.25, 0.3) is 0 Å². The Morgan fingerprint density at radius 3 is 2.45 bits per heavy atom. The molecule has 0 aliphatic heterocycles. The average molecular weight is 288 g/mol. The Morgan fingerprint density at radius 2 is 1.90 bits per heavy atom. The zero-order valence-corrected chi connectivity index (χ0v) is 13.4. The highest BCUT2D eigenvalue weighted by atomic mass is 32.1. The van der Waals surface area contributed by atoms with Gasteiger partial charge in [0.15, 0.2) is 0 Å². The lowest BCUT2D eigenvalue weighted by Crippen LogP contribution is -2.33. The van der Waals surface area contributed by atoms with Crippen molar-refractivity contribution in [3.63, 3.8) is 0 Å². The van der Waals surface area contributed by atoms with Gasteiger partial charge in [-0.15, -0.1) is 11.3 Å². The monoisotopic (exact) mass is 288 g/mol. The van der Waals surface area contributed by atoms with E-state index < -0.39 is 0 Å². The van der Waals surface area contributed by atoms with Gasteiger partial charge in [0.05, 0.1) is 6.04 Å². The molecule has 0 aliphatic carbocycles. The summed E-state index contributed by atoms with van der Waals surface area (Å²) in [7, 11) is 0. The molecule has 3 heteroatoms. The van der Waals surface area contributed by atoms with Crippen molar-refractivity contribution in [3.05, 3.63) is 51.7 Å². The van der Waals surface area contributed by atoms with Crippen LogP contribution in [0.1, 0.15) is 35.2 Å². The van der Waals surface area contributed by atoms with Crippen molar-refractivity contribution < 1.29 is 0 Å². The van der Waals surface area contributed by atoms with E-state index in [2.05, 4.69) is 62.1 Å². The Hall–Kier alpha value is -1.32. The first-order valence-electron chi connectivity index (χ1n) is 7.32. The van der Waals surface area contributed by atoms with E-state index in [1.807, 2.05) is 11.3 Å². The maximum absolute atomic E-state index is 6.08. The van der Waals surface area contributed by atoms with E-state index >= 15 is 0 Å². The molecule has 0 bridgehead atoms. The fraction of sp³-hybridized carbons (Fsp3) is 0.412. The van der Waals surface area contributed by atoms with Crippen LogP contribution in [0.15, 0.2) is 36.4 Å². The summed E-state index contributed by atoms with van der Waals surface area (Å²) in [4.78, 5) is 5.22. The molecule has 2 aromatic rings. The van der Waals surface area contributed by atoms with Gasteiger partial charge >= 0.3 is 0 Å². The van der Waals surface area contributed by atoms with Crippen molar-refractivity contribution in [2.75, 3.05) is 18.0 Å². The Bertz CT molecular complexity index is 547. The number of para-hydroxylation sites is 1. The molecule has 1 unspecified atom stereocenters. The summed E-state index contributed by atoms with van der Waals surface area (Å²) in [5, 5.41) is 0. The molecule has 0 radical (unpaired) electrons. The Balaban J connectivity index is 2.35. The van der Waals surface area contributed by atoms with Crippen LogP contribution >= 0.6 is 11.3 Å². The number of nitrogens with zero attached hydrogens (tertiary/aromatic N) is 1. The zero-order valence-electron chi connectivity index (χ0n) is 12.6. The van der Waals surface area contributed by atoms with Crippen molar-refractivity contribution in [1.29, 1.82) is 0 Å². The van der Waals surface area contributed by atoms with Crippen molar-refractivity contribution in [1.82, 2.24) is 0 Å². The van der Waals surface area contributed by atoms with E-state index in [9.17, 15) is 0 Å². The molecular weight excluding hydrogens is 264 g/mol. The van der Waals surface area contributed by atoms with Gasteiger partial charge in [0, 0.05) is 28.5 Å². The zero-order chi connectivity index (χ0) is 14.5. The third-order valence-electron chi connectivity index (χ3n) is 3.72. The normalized spacial score (nSPS) is 12.4. The molecule has 2 nitrogen and oxygen atoms in total. The van der Waals surface area contributed by atoms with Crippen molar-refractivity contribution in [2.24, 2.45) is 5.73 Å². The number of benzene rings is 1. The van der Waals surface area contributed by atoms with Gasteiger partial charge in [-0.25, -0.2) is 0 Å². The minimum atomic E-state index is 0.270. The van der Waals surface area contributed by atoms with Crippen LogP contribution in [0.3, 0.4) is 0 Å². The molecule has 108 valence electrons. The quantitative estimate of drug-likeness (QED) is 0.865. The van der Waals surface area contributed by atoms with E-state index in [0.717, 1.165) is 13.0 Å². The van der Waals surface area contributed by atoms with Crippen molar-refractivity contribution in [2.45, 2.75) is 33.2 Å². The average Bonchev–Trinajstić information content (AvgIpc) is 2.94. The van der Waals surface area contributed by atoms with E-state index in [1.165, 1.54) is 21.0 Å². The summed E-state index contributed by atoms with van der Waals surface area (Å²) in [6.07, 6.45) is 1.10. The first-order valence-corrected chi connectivity index (χ1v) is 8.13. The molecule has 1 heterocycles. The highest BCUT2D eigenvalue weighted by molar-refractivity contribution is 7.12. The van der Waals surface area contributed by atoms with Gasteiger partial charge < -0.3 is 10.6 Å². The molecule has 0 spiro atoms. The molecule has 2 rings (SSSR count). The van der Waals surface area contributed by atoms with Gasteiger partial charge in [0.25, 0.3) is 0 Å². The summed E-state index contributed by atoms with van der Waals surface area (Å²) in [6.45, 7) is 8.17. The van der Waals surface area contributed by atoms with Gasteiger partial charge in [-0.3, -0.25) is 0 Å². The molecule has 0 saturated carbocycles. The van der Waals surface area contributed by atoms with Crippen molar-refractivity contribution in [3.8, 4) is 0 Å². The number of rotatable bonds is 6. The predicted molar refractivity (Wildman–Crippen MR) is 89.7 cm³/mol. The molecule has 0 fully saturated rings. The Morgan fingerprint density at radius 1 is 1.15 bits per heavy atom. The Labute approximate surface area is 126 Å². The van der Waals surface area contributed by atoms with E-state index in [0.29, 0.717) is 6.54 Å². The molecule has 20 heavy (non-hydrogen) atoms. The van der Waals surface area contributed by atoms with Crippen LogP contribution < -0.4 is 10.6 Å². The lowest BCUT2D eigenvalue weighted by molar-refractivity contribution is 0.652. The molecule has 1 aromatic heterocycles. The van der Waals surface area contributed by atoms with Gasteiger partial charge in [-0.1, -0.05) is 25.1 Å². The first kappa shape index (κ1) is 15.1. The standard InChI is InChI=1S/C17H24N2S/c1-4-14-10-11-17(20-14)16(12-18)19(5-2)15-9-7-6-8-13(15)3/h6-11,16H,4-5,12,18H2,1-3H3. The summed E-state index contributed by atoms with van der Waals surface area (Å²) < 4.78 is 0. The number of hydrogen-bond acceptors (Lipinski definition) is 3. The number of likely N-dealkylation sites (N-methyl/N-ethyl adjacent to an activating group) is 1. The predicted octanol–water partition coefficient (Wildman–Crippen LogP) is 4.15. The third kappa shape index (κ3) is 3.05. The van der Waals surface area contributed by atoms with E-state index in [4.69, 9.17) is 5.73 Å². The van der Waals surface area contributed by atoms with Crippen LogP contribution in [0.4, 0.5) is 5.69 Å². The van der Waals surface area contributed by atoms with Crippen molar-refractivity contribution >= 4 is 17.0 Å². The largest absolute Gasteiger partial charge is 0.362 e. The molecule has 0 amide bonds. The number of thiophene rings is 1. The highest BCUT2D eigenvalue weighted by Crippen LogP contribution is 2.32. The number of aryl methyl sites for hydroxylation is 2. The first-order chi connectivity index (χ1) is 9.71. The molecule has 0 saturated heterocycles. The fourth-order valence-corrected chi connectivity index (χ4v) is 3.68. The van der Waals surface area contributed by atoms with Gasteiger partial charge in [0.2, 0.25) is 0 Å². The third-order valence-corrected chi connectivity index (χ3v) is 5.06. The molecule has 1 aromatic carbocycles. The SMILES string of the molecule is CCc1ccc(C(CN)N(CC)c2ccccc2C)s1. The smallest absolute Gasteiger partial charge is 0.0757 e. The maximum atomic E-state index is 6.08. The fourth-order valence-electron chi connectivity index (χ4n) is 2.60. The van der Waals surface area contributed by atoms with E-state index in [1.54, 1.807) is 0 Å². The van der Waals surface area contributed by atoms with Crippen LogP contribution in [-0.2, 0) is 6.42 Å². The summed E-state index contributed by atoms with van der Waals surface area (Å²) in [6, 6.07) is 13.3. The lowest BCUT2D eigenvalue weighted by atomic mass is 10.1. The van der Waals surface area contributed by atoms with Crippen LogP contribution in [0.2, 0.25) is 0 Å². The summed E-state index contributed by atoms with van der Waals surface area (Å²) >= 11 is 1.89. The van der Waals surface area contributed by atoms with Crippen LogP contribution in [0.5, 0.6) is 0 Å². The molecule has 1 atom stereocenters. The topological polar surface area (TPSA) is 29.3 Å². The summed E-state index contributed by atoms with van der Waals surface area (Å²) in [5.41, 5.74) is 8.68.